The van der Waals surface area contributed by atoms with E-state index in [0.29, 0.717) is 0 Å². The molecule has 0 amide bonds. The molecule has 0 saturated carbocycles. The number of hydrogen-bond donors (Lipinski definition) is 1. The monoisotopic (exact) mass is 461 g/mol. The number of nitrogens with one attached hydrogen (secondary N) is 1. The van der Waals surface area contributed by atoms with Gasteiger partial charge >= 0.3 is 0 Å². The Kier molecular flexibility index (Phi) is 6.59. The molecule has 1 aliphatic heterocycles. The van der Waals surface area contributed by atoms with Crippen molar-refractivity contribution in [3.63, 3.8) is 0 Å². The molecule has 174 valence electrons. The van der Waals surface area contributed by atoms with Gasteiger partial charge in [-0.1, -0.05) is 23.8 Å². The number of likely N-dealkylation sites (N-methyl/N-ethyl adjacent to an activating group) is 1. The fourth-order valence-corrected chi connectivity index (χ4v) is 5.58. The Hall–Kier alpha value is -2.70. The Bertz CT molecular complexity index is 1140. The average molecular weight is 462 g/mol. The minimum Gasteiger partial charge on any atom is -0.352 e. The van der Waals surface area contributed by atoms with Crippen LogP contribution in [0.15, 0.2) is 42.6 Å². The number of benzene rings is 1. The van der Waals surface area contributed by atoms with Crippen LogP contribution in [0.3, 0.4) is 0 Å². The van der Waals surface area contributed by atoms with Crippen molar-refractivity contribution in [3.05, 3.63) is 81.9 Å². The number of aromatic nitrogens is 2. The highest BCUT2D eigenvalue weighted by Crippen LogP contribution is 2.41. The maximum Gasteiger partial charge on any atom is 0.170 e. The van der Waals surface area contributed by atoms with Crippen LogP contribution in [0.4, 0.5) is 0 Å². The Morgan fingerprint density at radius 3 is 2.33 bits per heavy atom. The molecule has 0 spiro atoms. The quantitative estimate of drug-likeness (QED) is 0.526. The normalized spacial score (nSPS) is 18.3. The van der Waals surface area contributed by atoms with Crippen molar-refractivity contribution in [1.29, 1.82) is 0 Å². The molecular formula is C27H35N5S. The van der Waals surface area contributed by atoms with Gasteiger partial charge in [-0.05, 0) is 95.8 Å². The predicted octanol–water partition coefficient (Wildman–Crippen LogP) is 4.95. The smallest absolute Gasteiger partial charge is 0.170 e. The minimum atomic E-state index is 0.00928. The number of pyridine rings is 1. The van der Waals surface area contributed by atoms with Crippen LogP contribution >= 0.6 is 12.2 Å². The van der Waals surface area contributed by atoms with Crippen molar-refractivity contribution in [2.75, 3.05) is 27.2 Å². The van der Waals surface area contributed by atoms with Gasteiger partial charge < -0.3 is 19.7 Å². The zero-order valence-corrected chi connectivity index (χ0v) is 21.6. The van der Waals surface area contributed by atoms with Crippen LogP contribution in [0, 0.1) is 34.6 Å². The lowest BCUT2D eigenvalue weighted by molar-refractivity contribution is 0.277. The van der Waals surface area contributed by atoms with Crippen molar-refractivity contribution in [3.8, 4) is 5.69 Å². The van der Waals surface area contributed by atoms with E-state index in [1.54, 1.807) is 0 Å². The number of aryl methyl sites for hydroxylation is 4. The van der Waals surface area contributed by atoms with E-state index < -0.39 is 0 Å². The van der Waals surface area contributed by atoms with E-state index in [4.69, 9.17) is 12.2 Å². The highest BCUT2D eigenvalue weighted by molar-refractivity contribution is 7.80. The molecule has 1 N–H and O–H groups in total. The van der Waals surface area contributed by atoms with Crippen molar-refractivity contribution < 1.29 is 0 Å². The van der Waals surface area contributed by atoms with Gasteiger partial charge in [0.2, 0.25) is 0 Å². The molecule has 0 aliphatic carbocycles. The maximum atomic E-state index is 5.84. The largest absolute Gasteiger partial charge is 0.352 e. The molecule has 0 bridgehead atoms. The highest BCUT2D eigenvalue weighted by atomic mass is 32.1. The van der Waals surface area contributed by atoms with Gasteiger partial charge in [0, 0.05) is 30.7 Å². The van der Waals surface area contributed by atoms with Gasteiger partial charge in [0.15, 0.2) is 5.11 Å². The summed E-state index contributed by atoms with van der Waals surface area (Å²) in [6, 6.07) is 13.1. The molecule has 1 saturated heterocycles. The number of thiocarbonyl (C=S) groups is 1. The van der Waals surface area contributed by atoms with Crippen LogP contribution in [0.2, 0.25) is 0 Å². The van der Waals surface area contributed by atoms with Crippen LogP contribution in [0.25, 0.3) is 5.69 Å². The van der Waals surface area contributed by atoms with E-state index in [2.05, 4.69) is 104 Å². The average Bonchev–Trinajstić information content (AvgIpc) is 3.22. The van der Waals surface area contributed by atoms with Gasteiger partial charge in [-0.25, -0.2) is 0 Å². The van der Waals surface area contributed by atoms with E-state index in [0.717, 1.165) is 23.9 Å². The second-order valence-electron chi connectivity index (χ2n) is 9.53. The summed E-state index contributed by atoms with van der Waals surface area (Å²) in [5.41, 5.74) is 9.99. The summed E-state index contributed by atoms with van der Waals surface area (Å²) in [7, 11) is 4.21. The molecule has 33 heavy (non-hydrogen) atoms. The Labute approximate surface area is 203 Å². The van der Waals surface area contributed by atoms with E-state index in [9.17, 15) is 0 Å². The van der Waals surface area contributed by atoms with Crippen LogP contribution in [-0.2, 0) is 0 Å². The maximum absolute atomic E-state index is 5.84. The predicted molar refractivity (Wildman–Crippen MR) is 140 cm³/mol. The third-order valence-corrected chi connectivity index (χ3v) is 6.99. The molecular weight excluding hydrogens is 426 g/mol. The molecule has 2 unspecified atom stereocenters. The second kappa shape index (κ2) is 9.27. The topological polar surface area (TPSA) is 36.3 Å². The molecule has 1 fully saturated rings. The first-order valence-corrected chi connectivity index (χ1v) is 12.0. The molecule has 0 radical (unpaired) electrons. The van der Waals surface area contributed by atoms with Crippen molar-refractivity contribution >= 4 is 17.3 Å². The molecule has 2 aromatic heterocycles. The molecule has 3 aromatic rings. The zero-order valence-electron chi connectivity index (χ0n) is 20.8. The highest BCUT2D eigenvalue weighted by Gasteiger charge is 2.41. The van der Waals surface area contributed by atoms with E-state index in [1.807, 2.05) is 12.3 Å². The zero-order chi connectivity index (χ0) is 23.9. The van der Waals surface area contributed by atoms with E-state index in [-0.39, 0.29) is 12.1 Å². The lowest BCUT2D eigenvalue weighted by atomic mass is 9.96. The molecule has 5 nitrogen and oxygen atoms in total. The van der Waals surface area contributed by atoms with Crippen molar-refractivity contribution in [1.82, 2.24) is 24.7 Å². The fourth-order valence-electron chi connectivity index (χ4n) is 5.25. The molecule has 3 heterocycles. The Morgan fingerprint density at radius 1 is 1.03 bits per heavy atom. The van der Waals surface area contributed by atoms with Crippen molar-refractivity contribution in [2.45, 2.75) is 46.7 Å². The fraction of sp³-hybridized carbons (Fsp3) is 0.407. The SMILES string of the molecule is Cc1cc(C)c(-n2c(C)cc(C3C(c4ccccn4)NC(=S)N3CCN(C)C)c2C)c(C)c1. The van der Waals surface area contributed by atoms with Gasteiger partial charge in [-0.3, -0.25) is 4.98 Å². The summed E-state index contributed by atoms with van der Waals surface area (Å²) < 4.78 is 2.42. The van der Waals surface area contributed by atoms with Gasteiger partial charge in [-0.15, -0.1) is 0 Å². The third-order valence-electron chi connectivity index (χ3n) is 6.63. The molecule has 1 aliphatic rings. The summed E-state index contributed by atoms with van der Waals surface area (Å²) in [6.45, 7) is 12.8. The van der Waals surface area contributed by atoms with Crippen molar-refractivity contribution in [2.24, 2.45) is 0 Å². The van der Waals surface area contributed by atoms with Gasteiger partial charge in [0.1, 0.15) is 0 Å². The number of hydrogen-bond acceptors (Lipinski definition) is 3. The van der Waals surface area contributed by atoms with Crippen LogP contribution in [-0.4, -0.2) is 51.6 Å². The molecule has 1 aromatic carbocycles. The summed E-state index contributed by atoms with van der Waals surface area (Å²) in [5.74, 6) is 0. The Balaban J connectivity index is 1.85. The number of rotatable bonds is 6. The van der Waals surface area contributed by atoms with Gasteiger partial charge in [0.05, 0.1) is 23.5 Å². The molecule has 4 rings (SSSR count). The summed E-state index contributed by atoms with van der Waals surface area (Å²) in [6.07, 6.45) is 1.86. The van der Waals surface area contributed by atoms with E-state index in [1.165, 1.54) is 39.3 Å². The Morgan fingerprint density at radius 2 is 1.73 bits per heavy atom. The minimum absolute atomic E-state index is 0.00928. The lowest BCUT2D eigenvalue weighted by Gasteiger charge is -2.29. The molecule has 2 atom stereocenters. The lowest BCUT2D eigenvalue weighted by Crippen LogP contribution is -2.35. The van der Waals surface area contributed by atoms with E-state index >= 15 is 0 Å². The van der Waals surface area contributed by atoms with Gasteiger partial charge in [0.25, 0.3) is 0 Å². The van der Waals surface area contributed by atoms with Crippen LogP contribution < -0.4 is 5.32 Å². The standard InChI is InChI=1S/C27H35N5S/c1-17-14-18(2)25(19(3)15-17)32-20(4)16-22(21(32)5)26-24(23-10-8-9-11-28-23)29-27(33)31(26)13-12-30(6)7/h8-11,14-16,24,26H,12-13H2,1-7H3,(H,29,33). The first-order chi connectivity index (χ1) is 15.7. The van der Waals surface area contributed by atoms with Crippen LogP contribution in [0.5, 0.6) is 0 Å². The van der Waals surface area contributed by atoms with Crippen LogP contribution in [0.1, 0.15) is 51.4 Å². The van der Waals surface area contributed by atoms with Gasteiger partial charge in [-0.2, -0.15) is 0 Å². The molecule has 6 heteroatoms. The first-order valence-electron chi connectivity index (χ1n) is 11.6. The summed E-state index contributed by atoms with van der Waals surface area (Å²) in [5, 5.41) is 4.38. The summed E-state index contributed by atoms with van der Waals surface area (Å²) >= 11 is 5.84. The second-order valence-corrected chi connectivity index (χ2v) is 9.92. The number of nitrogens with zero attached hydrogens (tertiary/aromatic N) is 4. The first kappa shape index (κ1) is 23.5. The third kappa shape index (κ3) is 4.42. The summed E-state index contributed by atoms with van der Waals surface area (Å²) in [4.78, 5) is 9.24.